The van der Waals surface area contributed by atoms with Crippen LogP contribution in [0.15, 0.2) is 54.6 Å². The lowest BCUT2D eigenvalue weighted by atomic mass is 10.1. The molecule has 3 aliphatic rings. The van der Waals surface area contributed by atoms with Gasteiger partial charge in [-0.05, 0) is 43.0 Å². The third-order valence-electron chi connectivity index (χ3n) is 7.26. The van der Waals surface area contributed by atoms with Crippen LogP contribution in [0, 0.1) is 0 Å². The van der Waals surface area contributed by atoms with Gasteiger partial charge in [-0.3, -0.25) is 14.5 Å². The van der Waals surface area contributed by atoms with E-state index in [2.05, 4.69) is 34.5 Å². The van der Waals surface area contributed by atoms with Crippen LogP contribution in [-0.2, 0) is 11.3 Å². The van der Waals surface area contributed by atoms with Gasteiger partial charge in [0.15, 0.2) is 0 Å². The highest BCUT2D eigenvalue weighted by molar-refractivity contribution is 5.98. The summed E-state index contributed by atoms with van der Waals surface area (Å²) in [5.74, 6) is 0.635. The summed E-state index contributed by atoms with van der Waals surface area (Å²) >= 11 is 0. The van der Waals surface area contributed by atoms with E-state index < -0.39 is 6.04 Å². The second kappa shape index (κ2) is 10.2. The molecule has 2 unspecified atom stereocenters. The largest absolute Gasteiger partial charge is 0.497 e. The van der Waals surface area contributed by atoms with E-state index >= 15 is 0 Å². The molecule has 0 spiro atoms. The SMILES string of the molecule is COc1cccc(C(=O)N2CC(N(Cc3ccccc3)C3CC3)CC2C(=O)N2CCNCC2)c1. The molecule has 2 aromatic carbocycles. The lowest BCUT2D eigenvalue weighted by Gasteiger charge is -2.32. The maximum atomic E-state index is 13.7. The van der Waals surface area contributed by atoms with Gasteiger partial charge in [0.1, 0.15) is 11.8 Å². The van der Waals surface area contributed by atoms with Gasteiger partial charge in [0, 0.05) is 56.9 Å². The van der Waals surface area contributed by atoms with E-state index in [0.717, 1.165) is 19.6 Å². The summed E-state index contributed by atoms with van der Waals surface area (Å²) in [6, 6.07) is 18.0. The normalized spacial score (nSPS) is 22.8. The number of benzene rings is 2. The van der Waals surface area contributed by atoms with Gasteiger partial charge in [0.2, 0.25) is 5.91 Å². The topological polar surface area (TPSA) is 65.1 Å². The number of hydrogen-bond donors (Lipinski definition) is 1. The summed E-state index contributed by atoms with van der Waals surface area (Å²) in [7, 11) is 1.60. The highest BCUT2D eigenvalue weighted by Gasteiger charge is 2.46. The molecule has 180 valence electrons. The van der Waals surface area contributed by atoms with Crippen LogP contribution < -0.4 is 10.1 Å². The van der Waals surface area contributed by atoms with Crippen molar-refractivity contribution in [2.45, 2.75) is 43.9 Å². The third-order valence-corrected chi connectivity index (χ3v) is 7.26. The molecular formula is C27H34N4O3. The average Bonchev–Trinajstić information content (AvgIpc) is 3.65. The first kappa shape index (κ1) is 22.9. The first-order chi connectivity index (χ1) is 16.6. The number of nitrogens with one attached hydrogen (secondary N) is 1. The second-order valence-electron chi connectivity index (χ2n) is 9.56. The van der Waals surface area contributed by atoms with E-state index in [9.17, 15) is 9.59 Å². The molecule has 0 bridgehead atoms. The van der Waals surface area contributed by atoms with Gasteiger partial charge in [-0.25, -0.2) is 0 Å². The van der Waals surface area contributed by atoms with E-state index in [4.69, 9.17) is 4.74 Å². The smallest absolute Gasteiger partial charge is 0.254 e. The average molecular weight is 463 g/mol. The van der Waals surface area contributed by atoms with Crippen LogP contribution in [-0.4, -0.2) is 84.5 Å². The zero-order valence-corrected chi connectivity index (χ0v) is 19.9. The van der Waals surface area contributed by atoms with E-state index in [0.29, 0.717) is 43.4 Å². The summed E-state index contributed by atoms with van der Waals surface area (Å²) in [4.78, 5) is 33.6. The lowest BCUT2D eigenvalue weighted by Crippen LogP contribution is -2.53. The zero-order chi connectivity index (χ0) is 23.5. The van der Waals surface area contributed by atoms with E-state index in [1.54, 1.807) is 13.2 Å². The van der Waals surface area contributed by atoms with Crippen LogP contribution in [0.2, 0.25) is 0 Å². The van der Waals surface area contributed by atoms with Gasteiger partial charge in [-0.1, -0.05) is 36.4 Å². The van der Waals surface area contributed by atoms with Crippen molar-refractivity contribution in [1.29, 1.82) is 0 Å². The Kier molecular flexibility index (Phi) is 6.83. The van der Waals surface area contributed by atoms with Gasteiger partial charge in [0.25, 0.3) is 5.91 Å². The van der Waals surface area contributed by atoms with Crippen LogP contribution in [0.5, 0.6) is 5.75 Å². The molecule has 2 saturated heterocycles. The van der Waals surface area contributed by atoms with Crippen molar-refractivity contribution in [3.63, 3.8) is 0 Å². The Bertz CT molecular complexity index is 1000. The molecule has 0 radical (unpaired) electrons. The molecule has 3 fully saturated rings. The van der Waals surface area contributed by atoms with Crippen molar-refractivity contribution in [2.24, 2.45) is 0 Å². The standard InChI is InChI=1S/C27H34N4O3/c1-34-24-9-5-8-21(16-24)26(32)31-19-23(17-25(31)27(33)29-14-12-28-13-15-29)30(22-10-11-22)18-20-6-3-2-4-7-20/h2-9,16,22-23,25,28H,10-15,17-19H2,1H3. The Morgan fingerprint density at radius 3 is 2.50 bits per heavy atom. The van der Waals surface area contributed by atoms with Crippen LogP contribution >= 0.6 is 0 Å². The first-order valence-electron chi connectivity index (χ1n) is 12.4. The summed E-state index contributed by atoms with van der Waals surface area (Å²) in [5.41, 5.74) is 1.84. The molecule has 1 N–H and O–H groups in total. The Morgan fingerprint density at radius 2 is 1.79 bits per heavy atom. The Labute approximate surface area is 201 Å². The lowest BCUT2D eigenvalue weighted by molar-refractivity contribution is -0.135. The predicted molar refractivity (Wildman–Crippen MR) is 131 cm³/mol. The summed E-state index contributed by atoms with van der Waals surface area (Å²) in [6.07, 6.45) is 3.05. The fraction of sp³-hybridized carbons (Fsp3) is 0.481. The number of likely N-dealkylation sites (tertiary alicyclic amines) is 1. The number of carbonyl (C=O) groups excluding carboxylic acids is 2. The molecule has 2 heterocycles. The minimum Gasteiger partial charge on any atom is -0.497 e. The number of rotatable bonds is 7. The monoisotopic (exact) mass is 462 g/mol. The highest BCUT2D eigenvalue weighted by atomic mass is 16.5. The number of hydrogen-bond acceptors (Lipinski definition) is 5. The number of ether oxygens (including phenoxy) is 1. The van der Waals surface area contributed by atoms with Gasteiger partial charge in [-0.2, -0.15) is 0 Å². The van der Waals surface area contributed by atoms with Gasteiger partial charge >= 0.3 is 0 Å². The maximum Gasteiger partial charge on any atom is 0.254 e. The number of piperazine rings is 1. The van der Waals surface area contributed by atoms with Crippen LogP contribution in [0.1, 0.15) is 35.2 Å². The van der Waals surface area contributed by atoms with Crippen molar-refractivity contribution < 1.29 is 14.3 Å². The fourth-order valence-corrected chi connectivity index (χ4v) is 5.29. The molecular weight excluding hydrogens is 428 g/mol. The minimum absolute atomic E-state index is 0.0794. The van der Waals surface area contributed by atoms with Crippen molar-refractivity contribution in [2.75, 3.05) is 39.8 Å². The summed E-state index contributed by atoms with van der Waals surface area (Å²) in [6.45, 7) is 4.41. The van der Waals surface area contributed by atoms with E-state index in [-0.39, 0.29) is 17.9 Å². The number of amides is 2. The van der Waals surface area contributed by atoms with Crippen molar-refractivity contribution >= 4 is 11.8 Å². The number of nitrogens with zero attached hydrogens (tertiary/aromatic N) is 3. The minimum atomic E-state index is -0.432. The quantitative estimate of drug-likeness (QED) is 0.685. The molecule has 2 amide bonds. The Morgan fingerprint density at radius 1 is 1.03 bits per heavy atom. The van der Waals surface area contributed by atoms with Gasteiger partial charge < -0.3 is 19.9 Å². The van der Waals surface area contributed by atoms with Crippen LogP contribution in [0.3, 0.4) is 0 Å². The van der Waals surface area contributed by atoms with Crippen molar-refractivity contribution in [3.05, 3.63) is 65.7 Å². The molecule has 2 atom stereocenters. The van der Waals surface area contributed by atoms with Gasteiger partial charge in [0.05, 0.1) is 7.11 Å². The zero-order valence-electron chi connectivity index (χ0n) is 19.9. The molecule has 2 aliphatic heterocycles. The van der Waals surface area contributed by atoms with E-state index in [1.165, 1.54) is 18.4 Å². The van der Waals surface area contributed by atoms with Crippen molar-refractivity contribution in [3.8, 4) is 5.75 Å². The molecule has 1 saturated carbocycles. The molecule has 2 aromatic rings. The van der Waals surface area contributed by atoms with Crippen molar-refractivity contribution in [1.82, 2.24) is 20.0 Å². The van der Waals surface area contributed by atoms with Crippen LogP contribution in [0.4, 0.5) is 0 Å². The number of carbonyl (C=O) groups is 2. The molecule has 1 aliphatic carbocycles. The van der Waals surface area contributed by atoms with Gasteiger partial charge in [-0.15, -0.1) is 0 Å². The maximum absolute atomic E-state index is 13.7. The molecule has 34 heavy (non-hydrogen) atoms. The molecule has 5 rings (SSSR count). The Hall–Kier alpha value is -2.90. The summed E-state index contributed by atoms with van der Waals surface area (Å²) < 4.78 is 5.34. The first-order valence-corrected chi connectivity index (χ1v) is 12.4. The highest BCUT2D eigenvalue weighted by Crippen LogP contribution is 2.35. The Balaban J connectivity index is 1.41. The summed E-state index contributed by atoms with van der Waals surface area (Å²) in [5, 5.41) is 3.31. The molecule has 7 heteroatoms. The second-order valence-corrected chi connectivity index (χ2v) is 9.56. The van der Waals surface area contributed by atoms with Crippen LogP contribution in [0.25, 0.3) is 0 Å². The third kappa shape index (κ3) is 4.95. The molecule has 0 aromatic heterocycles. The number of methoxy groups -OCH3 is 1. The van der Waals surface area contributed by atoms with E-state index in [1.807, 2.05) is 34.1 Å². The molecule has 7 nitrogen and oxygen atoms in total. The predicted octanol–water partition coefficient (Wildman–Crippen LogP) is 2.37. The fourth-order valence-electron chi connectivity index (χ4n) is 5.29.